The van der Waals surface area contributed by atoms with Crippen molar-refractivity contribution in [2.45, 2.75) is 5.92 Å². The zero-order valence-corrected chi connectivity index (χ0v) is 18.4. The van der Waals surface area contributed by atoms with Crippen molar-refractivity contribution in [2.75, 3.05) is 7.11 Å². The van der Waals surface area contributed by atoms with Crippen LogP contribution in [0.4, 0.5) is 4.39 Å². The van der Waals surface area contributed by atoms with Gasteiger partial charge in [0.15, 0.2) is 0 Å². The maximum Gasteiger partial charge on any atom is 0.346 e. The van der Waals surface area contributed by atoms with E-state index in [0.717, 1.165) is 4.47 Å². The Balaban J connectivity index is 1.76. The number of benzene rings is 3. The molecule has 3 aromatic rings. The van der Waals surface area contributed by atoms with E-state index in [1.54, 1.807) is 24.3 Å². The zero-order chi connectivity index (χ0) is 22.8. The highest BCUT2D eigenvalue weighted by Gasteiger charge is 2.33. The van der Waals surface area contributed by atoms with Gasteiger partial charge in [0.2, 0.25) is 5.88 Å². The van der Waals surface area contributed by atoms with Crippen LogP contribution in [0.5, 0.6) is 17.2 Å². The van der Waals surface area contributed by atoms with Crippen LogP contribution in [0.3, 0.4) is 0 Å². The fourth-order valence-corrected chi connectivity index (χ4v) is 3.92. The van der Waals surface area contributed by atoms with Crippen LogP contribution in [0, 0.1) is 17.1 Å². The van der Waals surface area contributed by atoms with E-state index in [-0.39, 0.29) is 22.8 Å². The number of ether oxygens (including phenoxy) is 3. The molecule has 0 saturated carbocycles. The second kappa shape index (κ2) is 8.73. The number of carbonyl (C=O) groups excluding carboxylic acids is 1. The van der Waals surface area contributed by atoms with Crippen LogP contribution in [0.2, 0.25) is 0 Å². The quantitative estimate of drug-likeness (QED) is 0.403. The third kappa shape index (κ3) is 3.90. The Morgan fingerprint density at radius 1 is 1.16 bits per heavy atom. The van der Waals surface area contributed by atoms with Gasteiger partial charge in [0.25, 0.3) is 0 Å². The predicted molar refractivity (Wildman–Crippen MR) is 118 cm³/mol. The van der Waals surface area contributed by atoms with E-state index in [0.29, 0.717) is 22.6 Å². The normalized spacial score (nSPS) is 14.8. The molecule has 1 atom stereocenters. The minimum Gasteiger partial charge on any atom is -0.496 e. The molecule has 0 radical (unpaired) electrons. The largest absolute Gasteiger partial charge is 0.496 e. The minimum atomic E-state index is -0.842. The molecule has 1 heterocycles. The van der Waals surface area contributed by atoms with Crippen molar-refractivity contribution < 1.29 is 23.4 Å². The first kappa shape index (κ1) is 21.4. The molecule has 0 amide bonds. The van der Waals surface area contributed by atoms with Gasteiger partial charge in [0.1, 0.15) is 34.7 Å². The number of rotatable bonds is 4. The highest BCUT2D eigenvalue weighted by atomic mass is 79.9. The van der Waals surface area contributed by atoms with Gasteiger partial charge in [0, 0.05) is 21.7 Å². The molecule has 0 fully saturated rings. The molecule has 0 aromatic heterocycles. The van der Waals surface area contributed by atoms with Crippen LogP contribution in [-0.2, 0) is 0 Å². The maximum atomic E-state index is 13.9. The first-order valence-electron chi connectivity index (χ1n) is 9.44. The number of fused-ring (bicyclic) bond motifs is 1. The van der Waals surface area contributed by atoms with Gasteiger partial charge >= 0.3 is 5.97 Å². The maximum absolute atomic E-state index is 13.9. The zero-order valence-electron chi connectivity index (χ0n) is 16.8. The smallest absolute Gasteiger partial charge is 0.346 e. The summed E-state index contributed by atoms with van der Waals surface area (Å²) in [5, 5.41) is 9.75. The summed E-state index contributed by atoms with van der Waals surface area (Å²) >= 11 is 3.45. The van der Waals surface area contributed by atoms with Gasteiger partial charge in [-0.25, -0.2) is 9.18 Å². The Hall–Kier alpha value is -3.83. The number of nitriles is 1. The van der Waals surface area contributed by atoms with Gasteiger partial charge < -0.3 is 19.9 Å². The number of allylic oxidation sites excluding steroid dienone is 1. The molecule has 4 rings (SSSR count). The Morgan fingerprint density at radius 2 is 1.94 bits per heavy atom. The van der Waals surface area contributed by atoms with Crippen LogP contribution >= 0.6 is 15.9 Å². The lowest BCUT2D eigenvalue weighted by atomic mass is 9.83. The molecule has 32 heavy (non-hydrogen) atoms. The molecule has 2 N–H and O–H groups in total. The van der Waals surface area contributed by atoms with Gasteiger partial charge in [-0.05, 0) is 36.4 Å². The summed E-state index contributed by atoms with van der Waals surface area (Å²) in [4.78, 5) is 12.4. The van der Waals surface area contributed by atoms with E-state index >= 15 is 0 Å². The van der Waals surface area contributed by atoms with E-state index in [1.807, 2.05) is 12.1 Å². The lowest BCUT2D eigenvalue weighted by molar-refractivity contribution is 0.0729. The van der Waals surface area contributed by atoms with Crippen molar-refractivity contribution in [3.63, 3.8) is 0 Å². The van der Waals surface area contributed by atoms with Gasteiger partial charge in [-0.1, -0.05) is 34.1 Å². The summed E-state index contributed by atoms with van der Waals surface area (Å²) in [6, 6.07) is 17.8. The van der Waals surface area contributed by atoms with Crippen molar-refractivity contribution in [3.05, 3.63) is 99.1 Å². The number of carbonyl (C=O) groups is 1. The second-order valence-electron chi connectivity index (χ2n) is 6.88. The van der Waals surface area contributed by atoms with Crippen LogP contribution in [0.15, 0.2) is 76.6 Å². The lowest BCUT2D eigenvalue weighted by Crippen LogP contribution is -2.21. The van der Waals surface area contributed by atoms with Gasteiger partial charge in [-0.2, -0.15) is 5.26 Å². The highest BCUT2D eigenvalue weighted by Crippen LogP contribution is 2.46. The molecule has 0 saturated heterocycles. The third-order valence-electron chi connectivity index (χ3n) is 5.00. The summed E-state index contributed by atoms with van der Waals surface area (Å²) in [7, 11) is 1.54. The van der Waals surface area contributed by atoms with E-state index in [4.69, 9.17) is 19.9 Å². The Kier molecular flexibility index (Phi) is 5.84. The fraction of sp³-hybridized carbons (Fsp3) is 0.0833. The molecule has 3 aromatic carbocycles. The molecule has 6 nitrogen and oxygen atoms in total. The summed E-state index contributed by atoms with van der Waals surface area (Å²) in [6.07, 6.45) is 0. The average Bonchev–Trinajstić information content (AvgIpc) is 2.78. The molecule has 8 heteroatoms. The van der Waals surface area contributed by atoms with E-state index in [9.17, 15) is 14.4 Å². The van der Waals surface area contributed by atoms with Crippen LogP contribution in [0.1, 0.15) is 27.4 Å². The highest BCUT2D eigenvalue weighted by molar-refractivity contribution is 9.10. The monoisotopic (exact) mass is 494 g/mol. The molecular formula is C24H16BrFN2O4. The molecule has 1 unspecified atom stereocenters. The standard InChI is InChI=1S/C24H16BrFN2O4/c1-30-20-9-6-13(25)10-17(20)22-16-8-7-14(11-21(16)32-23(28)18(22)12-27)31-24(29)15-4-2-3-5-19(15)26/h2-11,22H,28H2,1H3. The molecule has 160 valence electrons. The lowest BCUT2D eigenvalue weighted by Gasteiger charge is -2.27. The molecule has 0 spiro atoms. The van der Waals surface area contributed by atoms with Crippen molar-refractivity contribution in [2.24, 2.45) is 5.73 Å². The Morgan fingerprint density at radius 3 is 2.66 bits per heavy atom. The molecule has 0 bridgehead atoms. The molecule has 1 aliphatic rings. The number of nitrogens with two attached hydrogens (primary N) is 1. The van der Waals surface area contributed by atoms with Gasteiger partial charge in [-0.3, -0.25) is 0 Å². The summed E-state index contributed by atoms with van der Waals surface area (Å²) in [5.41, 5.74) is 7.44. The van der Waals surface area contributed by atoms with Crippen molar-refractivity contribution >= 4 is 21.9 Å². The minimum absolute atomic E-state index is 0.0652. The van der Waals surface area contributed by atoms with E-state index in [1.165, 1.54) is 31.4 Å². The number of nitrogens with zero attached hydrogens (tertiary/aromatic N) is 1. The van der Waals surface area contributed by atoms with Crippen molar-refractivity contribution in [3.8, 4) is 23.3 Å². The van der Waals surface area contributed by atoms with Gasteiger partial charge in [0.05, 0.1) is 18.6 Å². The second-order valence-corrected chi connectivity index (χ2v) is 7.80. The Labute approximate surface area is 191 Å². The first-order valence-corrected chi connectivity index (χ1v) is 10.2. The molecule has 1 aliphatic heterocycles. The fourth-order valence-electron chi connectivity index (χ4n) is 3.54. The number of hydrogen-bond acceptors (Lipinski definition) is 6. The van der Waals surface area contributed by atoms with E-state index in [2.05, 4.69) is 22.0 Å². The molecule has 0 aliphatic carbocycles. The average molecular weight is 495 g/mol. The van der Waals surface area contributed by atoms with Crippen LogP contribution < -0.4 is 19.9 Å². The van der Waals surface area contributed by atoms with Crippen molar-refractivity contribution in [1.82, 2.24) is 0 Å². The van der Waals surface area contributed by atoms with Crippen molar-refractivity contribution in [1.29, 1.82) is 5.26 Å². The summed E-state index contributed by atoms with van der Waals surface area (Å²) in [5.74, 6) is -1.12. The van der Waals surface area contributed by atoms with Crippen LogP contribution in [-0.4, -0.2) is 13.1 Å². The van der Waals surface area contributed by atoms with Gasteiger partial charge in [-0.15, -0.1) is 0 Å². The first-order chi connectivity index (χ1) is 15.4. The topological polar surface area (TPSA) is 94.6 Å². The molecular weight excluding hydrogens is 479 g/mol. The number of esters is 1. The summed E-state index contributed by atoms with van der Waals surface area (Å²) < 4.78 is 31.2. The number of halogens is 2. The van der Waals surface area contributed by atoms with E-state index < -0.39 is 17.7 Å². The van der Waals surface area contributed by atoms with Crippen LogP contribution in [0.25, 0.3) is 0 Å². The SMILES string of the molecule is COc1ccc(Br)cc1C1C(C#N)=C(N)Oc2cc(OC(=O)c3ccccc3F)ccc21. The Bertz CT molecular complexity index is 1300. The number of methoxy groups -OCH3 is 1. The third-order valence-corrected chi connectivity index (χ3v) is 5.49. The number of hydrogen-bond donors (Lipinski definition) is 1. The predicted octanol–water partition coefficient (Wildman–Crippen LogP) is 5.03. The summed E-state index contributed by atoms with van der Waals surface area (Å²) in [6.45, 7) is 0.